The molecule has 3 unspecified atom stereocenters. The van der Waals surface area contributed by atoms with Crippen LogP contribution in [0.25, 0.3) is 11.0 Å². The summed E-state index contributed by atoms with van der Waals surface area (Å²) in [6, 6.07) is 3.24. The van der Waals surface area contributed by atoms with Crippen LogP contribution in [0, 0.1) is 0 Å². The Bertz CT molecular complexity index is 1350. The Morgan fingerprint density at radius 3 is 2.33 bits per heavy atom. The van der Waals surface area contributed by atoms with Crippen LogP contribution >= 0.6 is 0 Å². The number of nitrogens with zero attached hydrogens (tertiary/aromatic N) is 3. The molecule has 1 aliphatic heterocycles. The molecule has 0 bridgehead atoms. The summed E-state index contributed by atoms with van der Waals surface area (Å²) in [6.07, 6.45) is -6.07. The Balaban J connectivity index is 1.35. The number of hydrogen-bond donors (Lipinski definition) is 3. The molecule has 5 rings (SSSR count). The molecule has 3 aromatic rings. The number of imidazole rings is 1. The van der Waals surface area contributed by atoms with Crippen molar-refractivity contribution in [1.29, 1.82) is 0 Å². The number of aromatic nitrogens is 3. The normalized spacial score (nSPS) is 29.8. The molecule has 212 valence electrons. The van der Waals surface area contributed by atoms with Crippen LogP contribution in [0.1, 0.15) is 62.4 Å². The van der Waals surface area contributed by atoms with Crippen LogP contribution in [0.15, 0.2) is 36.8 Å². The number of alkyl halides is 6. The number of rotatable bonds is 5. The lowest BCUT2D eigenvalue weighted by molar-refractivity contribution is -0.141. The first-order valence-electron chi connectivity index (χ1n) is 12.5. The minimum absolute atomic E-state index is 0.0506. The van der Waals surface area contributed by atoms with Crippen molar-refractivity contribution < 1.29 is 41.3 Å². The predicted molar refractivity (Wildman–Crippen MR) is 128 cm³/mol. The lowest BCUT2D eigenvalue weighted by Gasteiger charge is -2.42. The van der Waals surface area contributed by atoms with Crippen molar-refractivity contribution in [3.8, 4) is 5.75 Å². The Labute approximate surface area is 219 Å². The van der Waals surface area contributed by atoms with E-state index in [0.717, 1.165) is 18.3 Å². The molecule has 0 radical (unpaired) electrons. The van der Waals surface area contributed by atoms with Crippen LogP contribution in [0.5, 0.6) is 5.75 Å². The first-order chi connectivity index (χ1) is 18.0. The van der Waals surface area contributed by atoms with Gasteiger partial charge in [-0.2, -0.15) is 26.3 Å². The van der Waals surface area contributed by atoms with Gasteiger partial charge >= 0.3 is 12.4 Å². The third kappa shape index (κ3) is 5.57. The van der Waals surface area contributed by atoms with E-state index in [4.69, 9.17) is 4.74 Å². The zero-order valence-corrected chi connectivity index (χ0v) is 21.1. The average molecular weight is 559 g/mol. The molecule has 3 atom stereocenters. The van der Waals surface area contributed by atoms with Crippen molar-refractivity contribution in [2.24, 2.45) is 0 Å². The van der Waals surface area contributed by atoms with E-state index in [2.05, 4.69) is 15.3 Å². The second-order valence-electron chi connectivity index (χ2n) is 11.0. The largest absolute Gasteiger partial charge is 0.492 e. The topological polar surface area (TPSA) is 92.4 Å². The summed E-state index contributed by atoms with van der Waals surface area (Å²) in [5, 5.41) is 24.6. The number of pyridine rings is 1. The SMILES string of the molecule is CC1CC(O)(c2ccc(C(F)(F)F)nc2)CC(COc2cc(C(F)(F)F)c3c(c2)ncn3C2CC(C)(O)C2)N1. The Kier molecular flexibility index (Phi) is 6.62. The van der Waals surface area contributed by atoms with E-state index in [9.17, 15) is 36.6 Å². The number of aliphatic hydroxyl groups is 2. The highest BCUT2D eigenvalue weighted by Crippen LogP contribution is 2.45. The van der Waals surface area contributed by atoms with Gasteiger partial charge in [-0.1, -0.05) is 6.07 Å². The third-order valence-electron chi connectivity index (χ3n) is 7.48. The number of halogens is 6. The minimum Gasteiger partial charge on any atom is -0.492 e. The van der Waals surface area contributed by atoms with Crippen molar-refractivity contribution in [3.05, 3.63) is 53.6 Å². The molecular weight excluding hydrogens is 530 g/mol. The molecule has 1 saturated heterocycles. The number of piperidine rings is 1. The van der Waals surface area contributed by atoms with E-state index >= 15 is 0 Å². The summed E-state index contributed by atoms with van der Waals surface area (Å²) >= 11 is 0. The monoisotopic (exact) mass is 558 g/mol. The molecule has 0 amide bonds. The minimum atomic E-state index is -4.69. The van der Waals surface area contributed by atoms with E-state index in [1.807, 2.05) is 0 Å². The molecule has 7 nitrogen and oxygen atoms in total. The summed E-state index contributed by atoms with van der Waals surface area (Å²) in [7, 11) is 0. The lowest BCUT2D eigenvalue weighted by Crippen LogP contribution is -2.53. The number of fused-ring (bicyclic) bond motifs is 1. The highest BCUT2D eigenvalue weighted by atomic mass is 19.4. The second-order valence-corrected chi connectivity index (χ2v) is 11.0. The molecule has 13 heteroatoms. The molecule has 2 fully saturated rings. The molecule has 1 saturated carbocycles. The van der Waals surface area contributed by atoms with Crippen molar-refractivity contribution in [2.45, 2.75) is 81.2 Å². The van der Waals surface area contributed by atoms with E-state index in [-0.39, 0.29) is 53.9 Å². The number of ether oxygens (including phenoxy) is 1. The first kappa shape index (κ1) is 27.7. The first-order valence-corrected chi connectivity index (χ1v) is 12.5. The smallest absolute Gasteiger partial charge is 0.433 e. The van der Waals surface area contributed by atoms with E-state index in [0.29, 0.717) is 12.8 Å². The van der Waals surface area contributed by atoms with Crippen LogP contribution in [-0.4, -0.2) is 49.0 Å². The van der Waals surface area contributed by atoms with Crippen LogP contribution in [0.4, 0.5) is 26.3 Å². The summed E-state index contributed by atoms with van der Waals surface area (Å²) in [4.78, 5) is 7.60. The van der Waals surface area contributed by atoms with Gasteiger partial charge in [-0.05, 0) is 51.7 Å². The van der Waals surface area contributed by atoms with Gasteiger partial charge in [-0.3, -0.25) is 4.98 Å². The Morgan fingerprint density at radius 1 is 1.03 bits per heavy atom. The van der Waals surface area contributed by atoms with Gasteiger partial charge in [0.15, 0.2) is 0 Å². The van der Waals surface area contributed by atoms with Gasteiger partial charge in [0, 0.05) is 36.0 Å². The molecule has 2 aromatic heterocycles. The highest BCUT2D eigenvalue weighted by Gasteiger charge is 2.43. The molecule has 3 heterocycles. The van der Waals surface area contributed by atoms with Crippen LogP contribution < -0.4 is 10.1 Å². The predicted octanol–water partition coefficient (Wildman–Crippen LogP) is 4.96. The summed E-state index contributed by atoms with van der Waals surface area (Å²) in [5.41, 5.74) is -4.16. The Morgan fingerprint density at radius 2 is 1.74 bits per heavy atom. The Hall–Kier alpha value is -2.90. The number of hydrogen-bond acceptors (Lipinski definition) is 6. The van der Waals surface area contributed by atoms with Gasteiger partial charge in [-0.15, -0.1) is 0 Å². The fourth-order valence-corrected chi connectivity index (χ4v) is 5.77. The van der Waals surface area contributed by atoms with Gasteiger partial charge in [0.05, 0.1) is 34.1 Å². The maximum Gasteiger partial charge on any atom is 0.433 e. The van der Waals surface area contributed by atoms with Gasteiger partial charge in [0.2, 0.25) is 0 Å². The van der Waals surface area contributed by atoms with Crippen molar-refractivity contribution in [3.63, 3.8) is 0 Å². The number of benzene rings is 1. The van der Waals surface area contributed by atoms with Crippen LogP contribution in [0.3, 0.4) is 0 Å². The molecule has 39 heavy (non-hydrogen) atoms. The maximum atomic E-state index is 14.1. The zero-order chi connectivity index (χ0) is 28.4. The van der Waals surface area contributed by atoms with Gasteiger partial charge in [0.1, 0.15) is 18.1 Å². The van der Waals surface area contributed by atoms with Crippen molar-refractivity contribution in [2.75, 3.05) is 6.61 Å². The lowest BCUT2D eigenvalue weighted by atomic mass is 9.77. The molecular formula is C26H28F6N4O3. The van der Waals surface area contributed by atoms with Crippen LogP contribution in [-0.2, 0) is 18.0 Å². The molecule has 2 aliphatic rings. The van der Waals surface area contributed by atoms with E-state index < -0.39 is 40.9 Å². The quantitative estimate of drug-likeness (QED) is 0.384. The standard InChI is InChI=1S/C26H28F6N4O3/c1-14-7-24(38,15-3-4-21(33-11-15)26(30,31)32)8-16(35-14)12-39-18-5-19(25(27,28)29)22-20(6-18)34-13-36(22)17-9-23(2,37)10-17/h3-6,11,13-14,16-17,35,37-38H,7-10,12H2,1-2H3. The molecule has 0 spiro atoms. The third-order valence-corrected chi connectivity index (χ3v) is 7.48. The molecule has 1 aromatic carbocycles. The molecule has 3 N–H and O–H groups in total. The van der Waals surface area contributed by atoms with Crippen molar-refractivity contribution in [1.82, 2.24) is 19.9 Å². The summed E-state index contributed by atoms with van der Waals surface area (Å²) < 4.78 is 88.1. The van der Waals surface area contributed by atoms with Gasteiger partial charge in [-0.25, -0.2) is 4.98 Å². The van der Waals surface area contributed by atoms with E-state index in [1.54, 1.807) is 13.8 Å². The summed E-state index contributed by atoms with van der Waals surface area (Å²) in [6.45, 7) is 3.32. The zero-order valence-electron chi connectivity index (χ0n) is 21.1. The fraction of sp³-hybridized carbons (Fsp3) is 0.538. The highest BCUT2D eigenvalue weighted by molar-refractivity contribution is 5.82. The van der Waals surface area contributed by atoms with Gasteiger partial charge in [0.25, 0.3) is 0 Å². The van der Waals surface area contributed by atoms with Gasteiger partial charge < -0.3 is 24.8 Å². The van der Waals surface area contributed by atoms with E-state index in [1.165, 1.54) is 23.0 Å². The average Bonchev–Trinajstić information content (AvgIpc) is 3.22. The fourth-order valence-electron chi connectivity index (χ4n) is 5.77. The summed E-state index contributed by atoms with van der Waals surface area (Å²) in [5.74, 6) is -0.0551. The second kappa shape index (κ2) is 9.34. The maximum absolute atomic E-state index is 14.1. The van der Waals surface area contributed by atoms with Crippen LogP contribution in [0.2, 0.25) is 0 Å². The molecule has 1 aliphatic carbocycles. The van der Waals surface area contributed by atoms with Crippen molar-refractivity contribution >= 4 is 11.0 Å². The number of nitrogens with one attached hydrogen (secondary N) is 1.